The number of β-amino-alcohol motifs (C(OH)–C–C–N with tert-alkyl or cyclic N) is 1. The summed E-state index contributed by atoms with van der Waals surface area (Å²) in [6.07, 6.45) is 2.70. The molecule has 8 rings (SSSR count). The maximum Gasteiger partial charge on any atom is 0.254 e. The number of H-pyrrole nitrogens is 1. The van der Waals surface area contributed by atoms with Crippen molar-refractivity contribution in [1.29, 1.82) is 0 Å². The zero-order valence-corrected chi connectivity index (χ0v) is 45.9. The first-order chi connectivity index (χ1) is 36.6. The molecule has 4 N–H and O–H groups in total. The fraction of sp³-hybridized carbons (Fsp3) is 0.458. The molecule has 2 aliphatic heterocycles. The van der Waals surface area contributed by atoms with Crippen molar-refractivity contribution < 1.29 is 38.2 Å². The van der Waals surface area contributed by atoms with Gasteiger partial charge < -0.3 is 49.3 Å². The standard InChI is InChI=1S/C59H73N7O9S/c1-9-65(46-20-23-73-24-21-46)50-29-45(28-48(38(50)6)56(68)60-32-49-36(4)27-37(5)62-57(49)69)43-14-12-41(13-15-43)11-10-22-72-25-26-74-53-31-52(75-64-53)54(35(2)3)59(71)66-33-47(67)30-51(66)58(70)63-39(7)42-16-18-44(19-17-42)55-40(8)61-34-76-55/h12-19,27-29,31,34-35,39,46-47,51,54,67H,9-11,20-26,30,32-33H2,1-8H3,(H,60,68)(H,62,69)(H,63,70)/t39?,47-,51+,54?/m1/s1. The van der Waals surface area contributed by atoms with Gasteiger partial charge in [-0.1, -0.05) is 62.4 Å². The summed E-state index contributed by atoms with van der Waals surface area (Å²) in [5.41, 5.74) is 12.3. The van der Waals surface area contributed by atoms with Crippen molar-refractivity contribution in [2.75, 3.05) is 51.0 Å². The van der Waals surface area contributed by atoms with E-state index in [0.29, 0.717) is 49.4 Å². The molecule has 16 nitrogen and oxygen atoms in total. The van der Waals surface area contributed by atoms with Crippen molar-refractivity contribution in [3.05, 3.63) is 139 Å². The second kappa shape index (κ2) is 25.5. The lowest BCUT2D eigenvalue weighted by Crippen LogP contribution is -2.48. The number of nitrogens with zero attached hydrogens (tertiary/aromatic N) is 4. The van der Waals surface area contributed by atoms with E-state index < -0.39 is 18.1 Å². The van der Waals surface area contributed by atoms with Gasteiger partial charge in [0.05, 0.1) is 34.8 Å². The van der Waals surface area contributed by atoms with Crippen LogP contribution in [0.5, 0.6) is 5.88 Å². The lowest BCUT2D eigenvalue weighted by Gasteiger charge is -2.37. The molecule has 3 amide bonds. The first-order valence-corrected chi connectivity index (χ1v) is 27.5. The second-order valence-corrected chi connectivity index (χ2v) is 21.3. The average molecular weight is 1060 g/mol. The van der Waals surface area contributed by atoms with Crippen molar-refractivity contribution in [3.8, 4) is 27.4 Å². The predicted octanol–water partition coefficient (Wildman–Crippen LogP) is 8.93. The molecule has 0 bridgehead atoms. The minimum atomic E-state index is -0.849. The molecule has 5 heterocycles. The molecule has 0 aliphatic carbocycles. The van der Waals surface area contributed by atoms with E-state index in [1.807, 2.05) is 90.4 Å². The Labute approximate surface area is 449 Å². The maximum absolute atomic E-state index is 14.2. The van der Waals surface area contributed by atoms with Gasteiger partial charge in [-0.2, -0.15) is 0 Å². The van der Waals surface area contributed by atoms with Gasteiger partial charge >= 0.3 is 0 Å². The van der Waals surface area contributed by atoms with Gasteiger partial charge in [0.25, 0.3) is 17.3 Å². The molecule has 4 atom stereocenters. The molecule has 3 aromatic carbocycles. The van der Waals surface area contributed by atoms with Crippen molar-refractivity contribution in [3.63, 3.8) is 0 Å². The van der Waals surface area contributed by atoms with Crippen LogP contribution >= 0.6 is 11.3 Å². The lowest BCUT2D eigenvalue weighted by molar-refractivity contribution is -0.141. The monoisotopic (exact) mass is 1060 g/mol. The number of aliphatic hydroxyl groups excluding tert-OH is 1. The number of carbonyl (C=O) groups excluding carboxylic acids is 3. The number of aromatic amines is 1. The minimum Gasteiger partial charge on any atom is -0.473 e. The van der Waals surface area contributed by atoms with E-state index in [0.717, 1.165) is 93.1 Å². The summed E-state index contributed by atoms with van der Waals surface area (Å²) in [5, 5.41) is 20.9. The van der Waals surface area contributed by atoms with Crippen LogP contribution in [0.3, 0.4) is 0 Å². The minimum absolute atomic E-state index is 0.0330. The van der Waals surface area contributed by atoms with Gasteiger partial charge in [0, 0.05) is 80.5 Å². The number of anilines is 1. The molecular weight excluding hydrogens is 983 g/mol. The van der Waals surface area contributed by atoms with Crippen LogP contribution in [0, 0.1) is 33.6 Å². The maximum atomic E-state index is 14.2. The molecule has 2 fully saturated rings. The first-order valence-electron chi connectivity index (χ1n) is 26.6. The van der Waals surface area contributed by atoms with E-state index in [4.69, 9.17) is 18.7 Å². The Bertz CT molecular complexity index is 3000. The molecule has 2 saturated heterocycles. The number of benzene rings is 3. The van der Waals surface area contributed by atoms with Gasteiger partial charge in [-0.25, -0.2) is 4.98 Å². The fourth-order valence-electron chi connectivity index (χ4n) is 10.5. The summed E-state index contributed by atoms with van der Waals surface area (Å²) in [7, 11) is 0. The Balaban J connectivity index is 0.822. The number of hydrogen-bond acceptors (Lipinski definition) is 13. The highest BCUT2D eigenvalue weighted by Gasteiger charge is 2.43. The van der Waals surface area contributed by atoms with Crippen LogP contribution in [-0.4, -0.2) is 107 Å². The molecular formula is C59H73N7O9S. The zero-order chi connectivity index (χ0) is 54.0. The molecule has 3 aromatic heterocycles. The highest BCUT2D eigenvalue weighted by molar-refractivity contribution is 7.13. The number of rotatable bonds is 22. The van der Waals surface area contributed by atoms with Gasteiger partial charge in [0.2, 0.25) is 11.8 Å². The number of amides is 3. The zero-order valence-electron chi connectivity index (χ0n) is 45.1. The first kappa shape index (κ1) is 55.6. The number of aliphatic hydroxyl groups is 1. The highest BCUT2D eigenvalue weighted by Crippen LogP contribution is 2.36. The third kappa shape index (κ3) is 13.3. The highest BCUT2D eigenvalue weighted by atomic mass is 32.1. The number of thiazole rings is 1. The lowest BCUT2D eigenvalue weighted by atomic mass is 9.91. The quantitative estimate of drug-likeness (QED) is 0.0471. The molecule has 0 radical (unpaired) electrons. The van der Waals surface area contributed by atoms with E-state index in [9.17, 15) is 24.3 Å². The summed E-state index contributed by atoms with van der Waals surface area (Å²) in [6, 6.07) is 23.2. The molecule has 2 aliphatic rings. The molecule has 404 valence electrons. The third-order valence-electron chi connectivity index (χ3n) is 14.7. The number of likely N-dealkylation sites (tertiary alicyclic amines) is 1. The summed E-state index contributed by atoms with van der Waals surface area (Å²) in [4.78, 5) is 66.9. The van der Waals surface area contributed by atoms with Crippen molar-refractivity contribution in [2.45, 2.75) is 124 Å². The second-order valence-electron chi connectivity index (χ2n) is 20.5. The largest absolute Gasteiger partial charge is 0.473 e. The van der Waals surface area contributed by atoms with E-state index >= 15 is 0 Å². The van der Waals surface area contributed by atoms with E-state index in [1.54, 1.807) is 17.4 Å². The number of nitrogens with one attached hydrogen (secondary N) is 3. The molecule has 0 spiro atoms. The van der Waals surface area contributed by atoms with Gasteiger partial charge in [0.15, 0.2) is 5.76 Å². The summed E-state index contributed by atoms with van der Waals surface area (Å²) >= 11 is 1.58. The van der Waals surface area contributed by atoms with Crippen LogP contribution in [0.4, 0.5) is 5.69 Å². The molecule has 76 heavy (non-hydrogen) atoms. The van der Waals surface area contributed by atoms with Crippen molar-refractivity contribution in [1.82, 2.24) is 30.7 Å². The van der Waals surface area contributed by atoms with Crippen LogP contribution in [0.15, 0.2) is 87.6 Å². The molecule has 0 saturated carbocycles. The number of aromatic nitrogens is 3. The molecule has 2 unspecified atom stereocenters. The number of carbonyl (C=O) groups is 3. The van der Waals surface area contributed by atoms with Crippen LogP contribution in [0.1, 0.15) is 121 Å². The topological polar surface area (TPSA) is 201 Å². The van der Waals surface area contributed by atoms with Crippen LogP contribution in [0.25, 0.3) is 21.6 Å². The summed E-state index contributed by atoms with van der Waals surface area (Å²) < 4.78 is 23.2. The molecule has 6 aromatic rings. The fourth-order valence-corrected chi connectivity index (χ4v) is 11.3. The van der Waals surface area contributed by atoms with E-state index in [-0.39, 0.29) is 67.2 Å². The SMILES string of the molecule is CCN(c1cc(-c2ccc(CCCOCCOc3cc(C(C(=O)N4C[C@H](O)C[C@H]4C(=O)NC(C)c4ccc(-c5scnc5C)cc4)C(C)C)on3)cc2)cc(C(=O)NCc2c(C)cc(C)[nH]c2=O)c1C)C1CCOCC1. The smallest absolute Gasteiger partial charge is 0.254 e. The van der Waals surface area contributed by atoms with Gasteiger partial charge in [-0.3, -0.25) is 19.2 Å². The van der Waals surface area contributed by atoms with Gasteiger partial charge in [-0.15, -0.1) is 11.3 Å². The third-order valence-corrected chi connectivity index (χ3v) is 15.7. The number of pyridine rings is 1. The Morgan fingerprint density at radius 1 is 0.934 bits per heavy atom. The number of hydrogen-bond donors (Lipinski definition) is 4. The Hall–Kier alpha value is -6.66. The average Bonchev–Trinajstić information content (AvgIpc) is 4.17. The van der Waals surface area contributed by atoms with Crippen molar-refractivity contribution in [2.24, 2.45) is 5.92 Å². The van der Waals surface area contributed by atoms with Gasteiger partial charge in [0.1, 0.15) is 18.6 Å². The Morgan fingerprint density at radius 3 is 2.36 bits per heavy atom. The Kier molecular flexibility index (Phi) is 18.6. The number of ether oxygens (including phenoxy) is 3. The predicted molar refractivity (Wildman–Crippen MR) is 295 cm³/mol. The van der Waals surface area contributed by atoms with E-state index in [1.165, 1.54) is 4.90 Å². The molecule has 17 heteroatoms. The summed E-state index contributed by atoms with van der Waals surface area (Å²) in [5.74, 6) is -1.29. The van der Waals surface area contributed by atoms with Crippen LogP contribution in [0.2, 0.25) is 0 Å². The summed E-state index contributed by atoms with van der Waals surface area (Å²) in [6.45, 7) is 19.0. The van der Waals surface area contributed by atoms with E-state index in [2.05, 4.69) is 67.9 Å². The van der Waals surface area contributed by atoms with Crippen LogP contribution in [-0.2, 0) is 32.0 Å². The van der Waals surface area contributed by atoms with Crippen molar-refractivity contribution >= 4 is 34.7 Å². The normalized spacial score (nSPS) is 16.7. The number of aryl methyl sites for hydroxylation is 4. The van der Waals surface area contributed by atoms with Crippen LogP contribution < -0.4 is 25.8 Å². The van der Waals surface area contributed by atoms with Gasteiger partial charge in [-0.05, 0) is 135 Å². The Morgan fingerprint density at radius 2 is 1.67 bits per heavy atom.